The van der Waals surface area contributed by atoms with E-state index < -0.39 is 0 Å². The molecule has 128 valence electrons. The van der Waals surface area contributed by atoms with Crippen molar-refractivity contribution < 1.29 is 9.85 Å². The summed E-state index contributed by atoms with van der Waals surface area (Å²) in [6.45, 7) is 0. The van der Waals surface area contributed by atoms with Gasteiger partial charge in [-0.05, 0) is 36.8 Å². The number of rotatable bonds is 6. The predicted octanol–water partition coefficient (Wildman–Crippen LogP) is 4.91. The zero-order valence-electron chi connectivity index (χ0n) is 13.4. The highest BCUT2D eigenvalue weighted by molar-refractivity contribution is 8.01. The molecule has 0 radical (unpaired) electrons. The molecule has 0 amide bonds. The third kappa shape index (κ3) is 2.89. The van der Waals surface area contributed by atoms with Crippen molar-refractivity contribution in [2.45, 2.75) is 35.2 Å². The average molecular weight is 356 g/mol. The summed E-state index contributed by atoms with van der Waals surface area (Å²) < 4.78 is -0.208. The molecular weight excluding hydrogens is 340 g/mol. The fourth-order valence-electron chi connectivity index (χ4n) is 3.31. The third-order valence-corrected chi connectivity index (χ3v) is 7.03. The quantitative estimate of drug-likeness (QED) is 0.542. The molecule has 2 aromatic rings. The SMILES string of the molecule is O=[N+]([O-])c1cccc(C2(SC3(c4cccc([N+](=O)[O-])c4)CC3)CC2)c1. The van der Waals surface area contributed by atoms with E-state index in [-0.39, 0.29) is 30.7 Å². The molecule has 2 aliphatic carbocycles. The molecule has 4 rings (SSSR count). The lowest BCUT2D eigenvalue weighted by Crippen LogP contribution is -2.11. The highest BCUT2D eigenvalue weighted by Gasteiger charge is 2.56. The van der Waals surface area contributed by atoms with Crippen LogP contribution in [0.4, 0.5) is 11.4 Å². The van der Waals surface area contributed by atoms with Gasteiger partial charge in [-0.25, -0.2) is 0 Å². The van der Waals surface area contributed by atoms with Crippen LogP contribution in [0, 0.1) is 20.2 Å². The Morgan fingerprint density at radius 1 is 0.760 bits per heavy atom. The van der Waals surface area contributed by atoms with Crippen LogP contribution in [0.2, 0.25) is 0 Å². The molecule has 0 aromatic heterocycles. The van der Waals surface area contributed by atoms with E-state index in [1.807, 2.05) is 23.9 Å². The zero-order valence-corrected chi connectivity index (χ0v) is 14.2. The molecule has 0 heterocycles. The molecule has 2 fully saturated rings. The van der Waals surface area contributed by atoms with Crippen molar-refractivity contribution in [1.29, 1.82) is 0 Å². The topological polar surface area (TPSA) is 86.3 Å². The highest BCUT2D eigenvalue weighted by Crippen LogP contribution is 2.70. The van der Waals surface area contributed by atoms with Gasteiger partial charge in [0.05, 0.1) is 9.85 Å². The summed E-state index contributed by atoms with van der Waals surface area (Å²) >= 11 is 1.83. The monoisotopic (exact) mass is 356 g/mol. The molecule has 6 nitrogen and oxygen atoms in total. The Bertz CT molecular complexity index is 803. The Hall–Kier alpha value is -2.41. The first kappa shape index (κ1) is 16.1. The van der Waals surface area contributed by atoms with Gasteiger partial charge >= 0.3 is 0 Å². The summed E-state index contributed by atoms with van der Waals surface area (Å²) in [5, 5.41) is 22.1. The first-order valence-corrected chi connectivity index (χ1v) is 8.96. The van der Waals surface area contributed by atoms with Gasteiger partial charge in [-0.1, -0.05) is 24.3 Å². The second kappa shape index (κ2) is 5.56. The van der Waals surface area contributed by atoms with Gasteiger partial charge in [0.1, 0.15) is 0 Å². The number of nitrogens with zero attached hydrogens (tertiary/aromatic N) is 2. The Morgan fingerprint density at radius 2 is 1.16 bits per heavy atom. The fourth-order valence-corrected chi connectivity index (χ4v) is 5.16. The van der Waals surface area contributed by atoms with Crippen LogP contribution in [-0.2, 0) is 9.49 Å². The van der Waals surface area contributed by atoms with E-state index >= 15 is 0 Å². The fraction of sp³-hybridized carbons (Fsp3) is 0.333. The Balaban J connectivity index is 1.63. The summed E-state index contributed by atoms with van der Waals surface area (Å²) in [5.74, 6) is 0. The maximum absolute atomic E-state index is 11.1. The van der Waals surface area contributed by atoms with Gasteiger partial charge in [-0.15, -0.1) is 11.8 Å². The van der Waals surface area contributed by atoms with E-state index in [9.17, 15) is 20.2 Å². The van der Waals surface area contributed by atoms with Crippen LogP contribution in [0.3, 0.4) is 0 Å². The minimum absolute atomic E-state index is 0.104. The first-order valence-electron chi connectivity index (χ1n) is 8.14. The van der Waals surface area contributed by atoms with Crippen LogP contribution in [0.25, 0.3) is 0 Å². The molecule has 0 spiro atoms. The zero-order chi connectivity index (χ0) is 17.7. The third-order valence-electron chi connectivity index (χ3n) is 4.97. The van der Waals surface area contributed by atoms with Crippen LogP contribution < -0.4 is 0 Å². The van der Waals surface area contributed by atoms with Gasteiger partial charge in [-0.3, -0.25) is 20.2 Å². The summed E-state index contributed by atoms with van der Waals surface area (Å²) in [4.78, 5) is 21.4. The minimum Gasteiger partial charge on any atom is -0.258 e. The van der Waals surface area contributed by atoms with Crippen molar-refractivity contribution in [3.05, 3.63) is 79.9 Å². The minimum atomic E-state index is -0.363. The molecule has 0 aliphatic heterocycles. The molecule has 25 heavy (non-hydrogen) atoms. The van der Waals surface area contributed by atoms with Crippen molar-refractivity contribution in [1.82, 2.24) is 0 Å². The molecule has 2 saturated carbocycles. The van der Waals surface area contributed by atoms with E-state index in [4.69, 9.17) is 0 Å². The lowest BCUT2D eigenvalue weighted by molar-refractivity contribution is -0.385. The van der Waals surface area contributed by atoms with Crippen LogP contribution in [0.1, 0.15) is 36.8 Å². The molecular formula is C18H16N2O4S. The van der Waals surface area contributed by atoms with Crippen LogP contribution >= 0.6 is 11.8 Å². The lowest BCUT2D eigenvalue weighted by atomic mass is 10.1. The smallest absolute Gasteiger partial charge is 0.258 e. The van der Waals surface area contributed by atoms with Gasteiger partial charge in [0.2, 0.25) is 0 Å². The maximum atomic E-state index is 11.1. The molecule has 0 atom stereocenters. The van der Waals surface area contributed by atoms with Gasteiger partial charge < -0.3 is 0 Å². The molecule has 2 aliphatic rings. The summed E-state index contributed by atoms with van der Waals surface area (Å²) in [6, 6.07) is 13.7. The Morgan fingerprint density at radius 3 is 1.48 bits per heavy atom. The summed E-state index contributed by atoms with van der Waals surface area (Å²) in [7, 11) is 0. The number of hydrogen-bond acceptors (Lipinski definition) is 5. The predicted molar refractivity (Wildman–Crippen MR) is 95.6 cm³/mol. The first-order chi connectivity index (χ1) is 11.9. The van der Waals surface area contributed by atoms with Crippen molar-refractivity contribution in [2.75, 3.05) is 0 Å². The normalized spacial score (nSPS) is 19.2. The number of thioether (sulfide) groups is 1. The van der Waals surface area contributed by atoms with Crippen LogP contribution in [0.5, 0.6) is 0 Å². The lowest BCUT2D eigenvalue weighted by Gasteiger charge is -2.23. The molecule has 0 unspecified atom stereocenters. The van der Waals surface area contributed by atoms with Crippen molar-refractivity contribution in [2.24, 2.45) is 0 Å². The number of nitro groups is 2. The average Bonchev–Trinajstić information content (AvgIpc) is 3.54. The second-order valence-electron chi connectivity index (χ2n) is 6.71. The van der Waals surface area contributed by atoms with Gasteiger partial charge in [-0.2, -0.15) is 0 Å². The van der Waals surface area contributed by atoms with Gasteiger partial charge in [0.15, 0.2) is 0 Å². The van der Waals surface area contributed by atoms with Gasteiger partial charge in [0, 0.05) is 33.8 Å². The van der Waals surface area contributed by atoms with E-state index in [0.717, 1.165) is 36.8 Å². The largest absolute Gasteiger partial charge is 0.269 e. The van der Waals surface area contributed by atoms with E-state index in [0.29, 0.717) is 0 Å². The number of benzene rings is 2. The summed E-state index contributed by atoms with van der Waals surface area (Å²) in [6.07, 6.45) is 3.93. The second-order valence-corrected chi connectivity index (χ2v) is 8.47. The van der Waals surface area contributed by atoms with Gasteiger partial charge in [0.25, 0.3) is 11.4 Å². The van der Waals surface area contributed by atoms with Crippen LogP contribution in [-0.4, -0.2) is 9.85 Å². The summed E-state index contributed by atoms with van der Waals surface area (Å²) in [5.41, 5.74) is 2.21. The van der Waals surface area contributed by atoms with Crippen LogP contribution in [0.15, 0.2) is 48.5 Å². The van der Waals surface area contributed by atoms with Crippen molar-refractivity contribution >= 4 is 23.1 Å². The number of non-ortho nitro benzene ring substituents is 2. The standard InChI is InChI=1S/C18H16N2O4S/c21-19(22)15-5-1-3-13(11-15)17(7-8-17)25-18(9-10-18)14-4-2-6-16(12-14)20(23)24/h1-6,11-12H,7-10H2. The molecule has 0 bridgehead atoms. The Labute approximate surface area is 148 Å². The van der Waals surface area contributed by atoms with Crippen molar-refractivity contribution in [3.63, 3.8) is 0 Å². The van der Waals surface area contributed by atoms with E-state index in [1.54, 1.807) is 24.3 Å². The van der Waals surface area contributed by atoms with E-state index in [2.05, 4.69) is 0 Å². The molecule has 0 N–H and O–H groups in total. The van der Waals surface area contributed by atoms with Crippen molar-refractivity contribution in [3.8, 4) is 0 Å². The number of hydrogen-bond donors (Lipinski definition) is 0. The van der Waals surface area contributed by atoms with E-state index in [1.165, 1.54) is 12.1 Å². The maximum Gasteiger partial charge on any atom is 0.269 e. The molecule has 7 heteroatoms. The Kier molecular flexibility index (Phi) is 3.57. The highest BCUT2D eigenvalue weighted by atomic mass is 32.2. The molecule has 2 aromatic carbocycles. The molecule has 0 saturated heterocycles. The number of nitro benzene ring substituents is 2.